The number of benzene rings is 1. The molecule has 2 saturated heterocycles. The van der Waals surface area contributed by atoms with Crippen LogP contribution in [0, 0.1) is 17.3 Å². The molecular formula is C28H37Cl2N5O3. The van der Waals surface area contributed by atoms with Crippen molar-refractivity contribution < 1.29 is 15.0 Å². The predicted molar refractivity (Wildman–Crippen MR) is 150 cm³/mol. The van der Waals surface area contributed by atoms with E-state index in [4.69, 9.17) is 28.2 Å². The lowest BCUT2D eigenvalue weighted by Gasteiger charge is -2.52. The van der Waals surface area contributed by atoms with Crippen molar-refractivity contribution in [3.63, 3.8) is 0 Å². The van der Waals surface area contributed by atoms with Gasteiger partial charge in [0.1, 0.15) is 5.82 Å². The van der Waals surface area contributed by atoms with Crippen LogP contribution in [0.4, 0.5) is 11.8 Å². The van der Waals surface area contributed by atoms with Crippen LogP contribution in [0.15, 0.2) is 24.4 Å². The average Bonchev–Trinajstić information content (AvgIpc) is 2.81. The smallest absolute Gasteiger partial charge is 0.309 e. The van der Waals surface area contributed by atoms with Gasteiger partial charge in [0.2, 0.25) is 5.95 Å². The number of carboxylic acid groups (broad SMARTS) is 1. The largest absolute Gasteiger partial charge is 0.481 e. The normalized spacial score (nSPS) is 27.8. The second-order valence-corrected chi connectivity index (χ2v) is 12.5. The van der Waals surface area contributed by atoms with Crippen LogP contribution in [0.1, 0.15) is 69.7 Å². The van der Waals surface area contributed by atoms with Crippen molar-refractivity contribution in [1.29, 1.82) is 0 Å². The molecule has 3 heterocycles. The average molecular weight is 563 g/mol. The molecule has 2 unspecified atom stereocenters. The summed E-state index contributed by atoms with van der Waals surface area (Å²) in [5.74, 6) is 1.77. The first-order chi connectivity index (χ1) is 18.0. The molecule has 2 aromatic rings. The number of nitrogens with one attached hydrogen (secondary N) is 1. The number of carbonyl (C=O) groups is 1. The first kappa shape index (κ1) is 27.4. The minimum Gasteiger partial charge on any atom is -0.481 e. The highest BCUT2D eigenvalue weighted by atomic mass is 35.5. The van der Waals surface area contributed by atoms with Crippen LogP contribution in [0.2, 0.25) is 10.0 Å². The van der Waals surface area contributed by atoms with Crippen molar-refractivity contribution in [2.75, 3.05) is 36.4 Å². The van der Waals surface area contributed by atoms with Gasteiger partial charge in [-0.25, -0.2) is 4.98 Å². The van der Waals surface area contributed by atoms with E-state index < -0.39 is 17.5 Å². The molecule has 1 saturated carbocycles. The number of halogens is 2. The maximum Gasteiger partial charge on any atom is 0.309 e. The van der Waals surface area contributed by atoms with Crippen molar-refractivity contribution in [3.05, 3.63) is 45.6 Å². The lowest BCUT2D eigenvalue weighted by molar-refractivity contribution is -0.158. The van der Waals surface area contributed by atoms with Gasteiger partial charge in [-0.2, -0.15) is 4.98 Å². The fourth-order valence-corrected chi connectivity index (χ4v) is 6.81. The van der Waals surface area contributed by atoms with Gasteiger partial charge in [-0.05, 0) is 82.5 Å². The summed E-state index contributed by atoms with van der Waals surface area (Å²) in [7, 11) is 0. The minimum atomic E-state index is -0.716. The lowest BCUT2D eigenvalue weighted by Crippen LogP contribution is -2.58. The van der Waals surface area contributed by atoms with Crippen LogP contribution in [-0.4, -0.2) is 63.3 Å². The molecule has 3 N–H and O–H groups in total. The molecule has 3 atom stereocenters. The Labute approximate surface area is 234 Å². The third-order valence-electron chi connectivity index (χ3n) is 8.79. The molecule has 0 bridgehead atoms. The van der Waals surface area contributed by atoms with Gasteiger partial charge in [-0.1, -0.05) is 29.3 Å². The number of piperidine rings is 1. The summed E-state index contributed by atoms with van der Waals surface area (Å²) in [6.07, 6.45) is 4.88. The zero-order valence-electron chi connectivity index (χ0n) is 22.2. The monoisotopic (exact) mass is 561 g/mol. The standard InChI is InChI=1S/C28H37Cl2N5O3/c1-16(22-7-6-20(29)9-24(22)30)32-25-23(17(2)36)12-31-27(33-25)35-14-19(15-35)18-5-4-8-34(13-18)21-10-28(3,11-21)26(37)38/h6-7,9,12,16-19,21,36H,4-5,8,10-11,13-15H2,1-3H3,(H,37,38)(H,31,32,33)/t16?,17?,18-,21?,28?/m0/s1. The molecule has 38 heavy (non-hydrogen) atoms. The summed E-state index contributed by atoms with van der Waals surface area (Å²) in [6.45, 7) is 9.50. The molecule has 1 aliphatic carbocycles. The Kier molecular flexibility index (Phi) is 7.80. The summed E-state index contributed by atoms with van der Waals surface area (Å²) in [6, 6.07) is 5.68. The molecule has 1 aromatic carbocycles. The van der Waals surface area contributed by atoms with Gasteiger partial charge in [0.25, 0.3) is 0 Å². The third kappa shape index (κ3) is 5.46. The maximum absolute atomic E-state index is 11.5. The number of anilines is 2. The summed E-state index contributed by atoms with van der Waals surface area (Å²) in [4.78, 5) is 25.6. The molecule has 0 amide bonds. The number of aliphatic hydroxyl groups excluding tert-OH is 1. The SMILES string of the molecule is CC(O)c1cnc(N2CC([C@H]3CCCN(C4CC(C)(C(=O)O)C4)C3)C2)nc1NC(C)c1ccc(Cl)cc1Cl. The van der Waals surface area contributed by atoms with E-state index in [-0.39, 0.29) is 6.04 Å². The van der Waals surface area contributed by atoms with Gasteiger partial charge in [0.05, 0.1) is 17.6 Å². The molecule has 10 heteroatoms. The Morgan fingerprint density at radius 3 is 2.55 bits per heavy atom. The van der Waals surface area contributed by atoms with E-state index in [1.165, 1.54) is 12.8 Å². The number of aromatic nitrogens is 2. The second kappa shape index (κ2) is 10.8. The number of aliphatic carboxylic acids is 1. The quantitative estimate of drug-likeness (QED) is 0.393. The molecule has 3 aliphatic rings. The number of hydrogen-bond donors (Lipinski definition) is 3. The molecule has 206 valence electrons. The Morgan fingerprint density at radius 1 is 1.16 bits per heavy atom. The van der Waals surface area contributed by atoms with Crippen LogP contribution in [-0.2, 0) is 4.79 Å². The predicted octanol–water partition coefficient (Wildman–Crippen LogP) is 5.41. The third-order valence-corrected chi connectivity index (χ3v) is 9.35. The van der Waals surface area contributed by atoms with Gasteiger partial charge < -0.3 is 25.3 Å². The topological polar surface area (TPSA) is 102 Å². The highest BCUT2D eigenvalue weighted by Gasteiger charge is 2.49. The lowest BCUT2D eigenvalue weighted by atomic mass is 9.65. The first-order valence-electron chi connectivity index (χ1n) is 13.5. The molecule has 8 nitrogen and oxygen atoms in total. The van der Waals surface area contributed by atoms with Gasteiger partial charge in [-0.15, -0.1) is 0 Å². The van der Waals surface area contributed by atoms with Crippen LogP contribution in [0.5, 0.6) is 0 Å². The summed E-state index contributed by atoms with van der Waals surface area (Å²) < 4.78 is 0. The van der Waals surface area contributed by atoms with Crippen molar-refractivity contribution >= 4 is 40.9 Å². The molecule has 2 aliphatic heterocycles. The van der Waals surface area contributed by atoms with Crippen molar-refractivity contribution in [3.8, 4) is 0 Å². The van der Waals surface area contributed by atoms with E-state index in [1.807, 2.05) is 26.0 Å². The molecular weight excluding hydrogens is 525 g/mol. The Hall–Kier alpha value is -2.13. The van der Waals surface area contributed by atoms with E-state index in [9.17, 15) is 15.0 Å². The minimum absolute atomic E-state index is 0.146. The number of hydrogen-bond acceptors (Lipinski definition) is 7. The first-order valence-corrected chi connectivity index (χ1v) is 14.3. The van der Waals surface area contributed by atoms with E-state index in [2.05, 4.69) is 20.1 Å². The molecule has 5 rings (SSSR count). The zero-order valence-corrected chi connectivity index (χ0v) is 23.7. The molecule has 0 radical (unpaired) electrons. The van der Waals surface area contributed by atoms with Crippen LogP contribution in [0.3, 0.4) is 0 Å². The second-order valence-electron chi connectivity index (χ2n) is 11.7. The van der Waals surface area contributed by atoms with Crippen molar-refractivity contribution in [2.45, 2.75) is 64.6 Å². The highest BCUT2D eigenvalue weighted by Crippen LogP contribution is 2.45. The van der Waals surface area contributed by atoms with Crippen LogP contribution < -0.4 is 10.2 Å². The summed E-state index contributed by atoms with van der Waals surface area (Å²) in [5.41, 5.74) is 0.982. The summed E-state index contributed by atoms with van der Waals surface area (Å²) in [5, 5.41) is 24.4. The molecule has 0 spiro atoms. The van der Waals surface area contributed by atoms with Gasteiger partial charge in [-0.3, -0.25) is 4.79 Å². The Bertz CT molecular complexity index is 1180. The van der Waals surface area contributed by atoms with Crippen LogP contribution in [0.25, 0.3) is 0 Å². The zero-order chi connectivity index (χ0) is 27.2. The fraction of sp³-hybridized carbons (Fsp3) is 0.607. The van der Waals surface area contributed by atoms with Crippen molar-refractivity contribution in [2.24, 2.45) is 17.3 Å². The van der Waals surface area contributed by atoms with Gasteiger partial charge in [0, 0.05) is 47.5 Å². The maximum atomic E-state index is 11.5. The fourth-order valence-electron chi connectivity index (χ4n) is 6.24. The summed E-state index contributed by atoms with van der Waals surface area (Å²) >= 11 is 12.5. The molecule has 1 aromatic heterocycles. The van der Waals surface area contributed by atoms with E-state index >= 15 is 0 Å². The number of aliphatic hydroxyl groups is 1. The number of nitrogens with zero attached hydrogens (tertiary/aromatic N) is 4. The number of carboxylic acids is 1. The van der Waals surface area contributed by atoms with E-state index in [1.54, 1.807) is 19.2 Å². The molecule has 3 fully saturated rings. The number of rotatable bonds is 8. The Balaban J connectivity index is 1.22. The van der Waals surface area contributed by atoms with Gasteiger partial charge in [0.15, 0.2) is 0 Å². The van der Waals surface area contributed by atoms with E-state index in [0.717, 1.165) is 44.6 Å². The van der Waals surface area contributed by atoms with Gasteiger partial charge >= 0.3 is 5.97 Å². The Morgan fingerprint density at radius 2 is 1.89 bits per heavy atom. The number of likely N-dealkylation sites (tertiary alicyclic amines) is 1. The highest BCUT2D eigenvalue weighted by molar-refractivity contribution is 6.35. The van der Waals surface area contributed by atoms with E-state index in [0.29, 0.717) is 45.3 Å². The van der Waals surface area contributed by atoms with Crippen molar-refractivity contribution in [1.82, 2.24) is 14.9 Å². The van der Waals surface area contributed by atoms with Crippen LogP contribution >= 0.6 is 23.2 Å².